The number of benzene rings is 1. The fourth-order valence-electron chi connectivity index (χ4n) is 3.04. The predicted octanol–water partition coefficient (Wildman–Crippen LogP) is 1.89. The SMILES string of the molecule is CC(=O)Nc1ccc(S(=O)(=O)N2CCC(Oc3ccnc(C)n3)C2)c(C)c1. The van der Waals surface area contributed by atoms with Crippen molar-refractivity contribution in [1.82, 2.24) is 14.3 Å². The lowest BCUT2D eigenvalue weighted by atomic mass is 10.2. The van der Waals surface area contributed by atoms with Crippen molar-refractivity contribution in [1.29, 1.82) is 0 Å². The standard InChI is InChI=1S/C18H22N4O4S/c1-12-10-15(21-14(3)23)4-5-17(12)27(24,25)22-9-7-16(11-22)26-18-6-8-19-13(2)20-18/h4-6,8,10,16H,7,9,11H2,1-3H3,(H,21,23). The molecule has 1 atom stereocenters. The molecule has 1 aromatic heterocycles. The summed E-state index contributed by atoms with van der Waals surface area (Å²) in [5, 5.41) is 2.65. The van der Waals surface area contributed by atoms with Crippen molar-refractivity contribution in [3.05, 3.63) is 41.9 Å². The summed E-state index contributed by atoms with van der Waals surface area (Å²) in [4.78, 5) is 19.6. The monoisotopic (exact) mass is 390 g/mol. The van der Waals surface area contributed by atoms with Gasteiger partial charge in [-0.2, -0.15) is 9.29 Å². The molecule has 1 unspecified atom stereocenters. The molecule has 0 spiro atoms. The van der Waals surface area contributed by atoms with E-state index in [1.807, 2.05) is 0 Å². The van der Waals surface area contributed by atoms with Crippen molar-refractivity contribution in [2.45, 2.75) is 38.2 Å². The van der Waals surface area contributed by atoms with E-state index < -0.39 is 10.0 Å². The van der Waals surface area contributed by atoms with E-state index in [2.05, 4.69) is 15.3 Å². The summed E-state index contributed by atoms with van der Waals surface area (Å²) in [5.41, 5.74) is 1.15. The summed E-state index contributed by atoms with van der Waals surface area (Å²) >= 11 is 0. The maximum atomic E-state index is 13.0. The summed E-state index contributed by atoms with van der Waals surface area (Å²) < 4.78 is 33.2. The van der Waals surface area contributed by atoms with E-state index >= 15 is 0 Å². The molecule has 144 valence electrons. The van der Waals surface area contributed by atoms with Crippen molar-refractivity contribution in [2.75, 3.05) is 18.4 Å². The van der Waals surface area contributed by atoms with Gasteiger partial charge in [-0.3, -0.25) is 4.79 Å². The predicted molar refractivity (Wildman–Crippen MR) is 100 cm³/mol. The molecule has 1 fully saturated rings. The first-order valence-electron chi connectivity index (χ1n) is 8.60. The molecule has 0 radical (unpaired) electrons. The Morgan fingerprint density at radius 3 is 2.74 bits per heavy atom. The molecule has 1 aliphatic rings. The van der Waals surface area contributed by atoms with Crippen LogP contribution in [0.5, 0.6) is 5.88 Å². The van der Waals surface area contributed by atoms with E-state index in [1.165, 1.54) is 17.3 Å². The van der Waals surface area contributed by atoms with Crippen molar-refractivity contribution in [3.8, 4) is 5.88 Å². The zero-order valence-electron chi connectivity index (χ0n) is 15.5. The highest BCUT2D eigenvalue weighted by atomic mass is 32.2. The molecule has 3 rings (SSSR count). The number of amides is 1. The second-order valence-electron chi connectivity index (χ2n) is 6.50. The molecule has 27 heavy (non-hydrogen) atoms. The average molecular weight is 390 g/mol. The van der Waals surface area contributed by atoms with Gasteiger partial charge in [-0.15, -0.1) is 0 Å². The summed E-state index contributed by atoms with van der Waals surface area (Å²) in [7, 11) is -3.64. The third kappa shape index (κ3) is 4.42. The number of ether oxygens (including phenoxy) is 1. The molecular formula is C18H22N4O4S. The molecule has 1 aromatic carbocycles. The van der Waals surface area contributed by atoms with Gasteiger partial charge in [0.2, 0.25) is 21.8 Å². The second kappa shape index (κ2) is 7.61. The number of anilines is 1. The van der Waals surface area contributed by atoms with Gasteiger partial charge in [0, 0.05) is 31.4 Å². The Morgan fingerprint density at radius 2 is 2.07 bits per heavy atom. The molecule has 2 heterocycles. The maximum Gasteiger partial charge on any atom is 0.243 e. The van der Waals surface area contributed by atoms with E-state index in [0.717, 1.165) is 0 Å². The molecule has 2 aromatic rings. The highest BCUT2D eigenvalue weighted by Crippen LogP contribution is 2.27. The molecule has 0 aliphatic carbocycles. The third-order valence-corrected chi connectivity index (χ3v) is 6.28. The van der Waals surface area contributed by atoms with Crippen molar-refractivity contribution < 1.29 is 17.9 Å². The summed E-state index contributed by atoms with van der Waals surface area (Å²) in [6.45, 7) is 5.53. The zero-order valence-corrected chi connectivity index (χ0v) is 16.3. The highest BCUT2D eigenvalue weighted by Gasteiger charge is 2.34. The fraction of sp³-hybridized carbons (Fsp3) is 0.389. The first-order chi connectivity index (χ1) is 12.8. The zero-order chi connectivity index (χ0) is 19.6. The number of rotatable bonds is 5. The van der Waals surface area contributed by atoms with Gasteiger partial charge in [0.15, 0.2) is 0 Å². The lowest BCUT2D eigenvalue weighted by molar-refractivity contribution is -0.114. The minimum absolute atomic E-state index is 0.204. The minimum Gasteiger partial charge on any atom is -0.473 e. The van der Waals surface area contributed by atoms with E-state index in [4.69, 9.17) is 4.74 Å². The van der Waals surface area contributed by atoms with Crippen LogP contribution in [0.2, 0.25) is 0 Å². The van der Waals surface area contributed by atoms with Crippen LogP contribution in [-0.2, 0) is 14.8 Å². The number of aromatic nitrogens is 2. The topological polar surface area (TPSA) is 101 Å². The van der Waals surface area contributed by atoms with Crippen LogP contribution in [0.1, 0.15) is 24.7 Å². The molecule has 9 heteroatoms. The lowest BCUT2D eigenvalue weighted by Crippen LogP contribution is -2.31. The summed E-state index contributed by atoms with van der Waals surface area (Å²) in [5.74, 6) is 0.844. The largest absolute Gasteiger partial charge is 0.473 e. The molecule has 1 amide bonds. The Labute approximate surface area is 158 Å². The second-order valence-corrected chi connectivity index (χ2v) is 8.40. The van der Waals surface area contributed by atoms with Crippen LogP contribution in [0.4, 0.5) is 5.69 Å². The number of carbonyl (C=O) groups excluding carboxylic acids is 1. The van der Waals surface area contributed by atoms with E-state index in [-0.39, 0.29) is 23.5 Å². The summed E-state index contributed by atoms with van der Waals surface area (Å²) in [6.07, 6.45) is 1.94. The molecular weight excluding hydrogens is 368 g/mol. The maximum absolute atomic E-state index is 13.0. The van der Waals surface area contributed by atoms with E-state index in [0.29, 0.717) is 35.9 Å². The molecule has 1 aliphatic heterocycles. The van der Waals surface area contributed by atoms with Crippen LogP contribution in [0.3, 0.4) is 0 Å². The Morgan fingerprint density at radius 1 is 1.30 bits per heavy atom. The van der Waals surface area contributed by atoms with Crippen molar-refractivity contribution in [3.63, 3.8) is 0 Å². The Bertz CT molecular complexity index is 962. The van der Waals surface area contributed by atoms with Crippen LogP contribution in [0, 0.1) is 13.8 Å². The smallest absolute Gasteiger partial charge is 0.243 e. The Hall–Kier alpha value is -2.52. The highest BCUT2D eigenvalue weighted by molar-refractivity contribution is 7.89. The van der Waals surface area contributed by atoms with Crippen LogP contribution in [-0.4, -0.2) is 47.8 Å². The molecule has 1 saturated heterocycles. The van der Waals surface area contributed by atoms with Gasteiger partial charge in [0.1, 0.15) is 11.9 Å². The van der Waals surface area contributed by atoms with Gasteiger partial charge in [0.05, 0.1) is 11.4 Å². The minimum atomic E-state index is -3.64. The third-order valence-electron chi connectivity index (χ3n) is 4.26. The van der Waals surface area contributed by atoms with Crippen molar-refractivity contribution in [2.24, 2.45) is 0 Å². The summed E-state index contributed by atoms with van der Waals surface area (Å²) in [6, 6.07) is 6.43. The number of nitrogens with zero attached hydrogens (tertiary/aromatic N) is 3. The molecule has 8 nitrogen and oxygen atoms in total. The van der Waals surface area contributed by atoms with Gasteiger partial charge < -0.3 is 10.1 Å². The van der Waals surface area contributed by atoms with Gasteiger partial charge >= 0.3 is 0 Å². The number of nitrogens with one attached hydrogen (secondary N) is 1. The number of sulfonamides is 1. The van der Waals surface area contributed by atoms with Crippen LogP contribution < -0.4 is 10.1 Å². The first kappa shape index (κ1) is 19.2. The number of aryl methyl sites for hydroxylation is 2. The van der Waals surface area contributed by atoms with Gasteiger partial charge in [-0.1, -0.05) is 0 Å². The van der Waals surface area contributed by atoms with Crippen molar-refractivity contribution >= 4 is 21.6 Å². The first-order valence-corrected chi connectivity index (χ1v) is 10.0. The average Bonchev–Trinajstić information content (AvgIpc) is 3.03. The fourth-order valence-corrected chi connectivity index (χ4v) is 4.73. The Balaban J connectivity index is 1.73. The number of hydrogen-bond donors (Lipinski definition) is 1. The lowest BCUT2D eigenvalue weighted by Gasteiger charge is -2.19. The van der Waals surface area contributed by atoms with Gasteiger partial charge in [0.25, 0.3) is 0 Å². The quantitative estimate of drug-likeness (QED) is 0.837. The normalized spacial score (nSPS) is 17.7. The van der Waals surface area contributed by atoms with Crippen LogP contribution >= 0.6 is 0 Å². The molecule has 1 N–H and O–H groups in total. The van der Waals surface area contributed by atoms with Gasteiger partial charge in [-0.25, -0.2) is 13.4 Å². The number of carbonyl (C=O) groups is 1. The van der Waals surface area contributed by atoms with E-state index in [9.17, 15) is 13.2 Å². The van der Waals surface area contributed by atoms with Gasteiger partial charge in [-0.05, 0) is 44.0 Å². The van der Waals surface area contributed by atoms with Crippen LogP contribution in [0.15, 0.2) is 35.4 Å². The molecule has 0 bridgehead atoms. The van der Waals surface area contributed by atoms with Crippen LogP contribution in [0.25, 0.3) is 0 Å². The number of hydrogen-bond acceptors (Lipinski definition) is 6. The molecule has 0 saturated carbocycles. The van der Waals surface area contributed by atoms with E-state index in [1.54, 1.807) is 38.2 Å². The Kier molecular flexibility index (Phi) is 5.43.